The van der Waals surface area contributed by atoms with Crippen LogP contribution in [-0.4, -0.2) is 22.1 Å². The Hall–Kier alpha value is -3.28. The zero-order valence-corrected chi connectivity index (χ0v) is 17.6. The van der Waals surface area contributed by atoms with E-state index in [-0.39, 0.29) is 0 Å². The van der Waals surface area contributed by atoms with Gasteiger partial charge in [-0.3, -0.25) is 10.1 Å². The van der Waals surface area contributed by atoms with Gasteiger partial charge in [-0.25, -0.2) is 0 Å². The van der Waals surface area contributed by atoms with E-state index in [0.717, 1.165) is 27.6 Å². The highest BCUT2D eigenvalue weighted by atomic mass is 35.5. The van der Waals surface area contributed by atoms with Crippen molar-refractivity contribution in [3.63, 3.8) is 0 Å². The van der Waals surface area contributed by atoms with E-state index in [2.05, 4.69) is 10.3 Å². The highest BCUT2D eigenvalue weighted by Gasteiger charge is 2.20. The second-order valence-electron chi connectivity index (χ2n) is 7.32. The molecule has 1 unspecified atom stereocenters. The van der Waals surface area contributed by atoms with Crippen molar-refractivity contribution in [3.05, 3.63) is 101 Å². The number of carboxylic acid groups (broad SMARTS) is 1. The number of hydrogen-bond donors (Lipinski definition) is 3. The van der Waals surface area contributed by atoms with Gasteiger partial charge >= 0.3 is 5.97 Å². The van der Waals surface area contributed by atoms with Gasteiger partial charge in [0.1, 0.15) is 18.4 Å². The van der Waals surface area contributed by atoms with Crippen molar-refractivity contribution in [2.45, 2.75) is 25.6 Å². The third-order valence-corrected chi connectivity index (χ3v) is 5.62. The predicted octanol–water partition coefficient (Wildman–Crippen LogP) is 5.19. The molecule has 31 heavy (non-hydrogen) atoms. The average molecular weight is 435 g/mol. The van der Waals surface area contributed by atoms with E-state index in [1.165, 1.54) is 0 Å². The fourth-order valence-corrected chi connectivity index (χ4v) is 3.75. The number of fused-ring (bicyclic) bond motifs is 1. The number of H-pyrrole nitrogens is 1. The standard InChI is InChI=1S/C25H23ClN2O3/c26-21-10-4-1-8-18(21)16-31-24-12-6-2-7-17(24)14-28-23(25(29)30)13-19-15-27-22-11-5-3-9-20(19)22/h1-12,15,23,27-28H,13-14,16H2,(H,29,30). The van der Waals surface area contributed by atoms with E-state index in [0.29, 0.717) is 30.3 Å². The number of aromatic nitrogens is 1. The van der Waals surface area contributed by atoms with Crippen LogP contribution in [0.5, 0.6) is 5.75 Å². The Morgan fingerprint density at radius 2 is 1.68 bits per heavy atom. The van der Waals surface area contributed by atoms with Gasteiger partial charge in [-0.15, -0.1) is 0 Å². The van der Waals surface area contributed by atoms with Crippen LogP contribution in [0.3, 0.4) is 0 Å². The number of aliphatic carboxylic acids is 1. The Morgan fingerprint density at radius 3 is 2.48 bits per heavy atom. The van der Waals surface area contributed by atoms with Crippen LogP contribution in [0, 0.1) is 0 Å². The summed E-state index contributed by atoms with van der Waals surface area (Å²) in [4.78, 5) is 15.1. The van der Waals surface area contributed by atoms with Crippen molar-refractivity contribution in [1.29, 1.82) is 0 Å². The van der Waals surface area contributed by atoms with Crippen LogP contribution in [-0.2, 0) is 24.4 Å². The third-order valence-electron chi connectivity index (χ3n) is 5.25. The molecule has 5 nitrogen and oxygen atoms in total. The highest BCUT2D eigenvalue weighted by molar-refractivity contribution is 6.31. The number of rotatable bonds is 9. The third kappa shape index (κ3) is 5.08. The SMILES string of the molecule is O=C(O)C(Cc1c[nH]c2ccccc12)NCc1ccccc1OCc1ccccc1Cl. The number of nitrogens with one attached hydrogen (secondary N) is 2. The maximum absolute atomic E-state index is 11.9. The quantitative estimate of drug-likeness (QED) is 0.339. The number of halogens is 1. The number of carboxylic acids is 1. The summed E-state index contributed by atoms with van der Waals surface area (Å²) in [5.41, 5.74) is 3.76. The van der Waals surface area contributed by atoms with E-state index < -0.39 is 12.0 Å². The Labute approximate surface area is 185 Å². The maximum atomic E-state index is 11.9. The first-order chi connectivity index (χ1) is 15.1. The molecule has 0 radical (unpaired) electrons. The van der Waals surface area contributed by atoms with Crippen LogP contribution in [0.1, 0.15) is 16.7 Å². The van der Waals surface area contributed by atoms with Gasteiger partial charge in [0, 0.05) is 46.2 Å². The van der Waals surface area contributed by atoms with Gasteiger partial charge in [0.05, 0.1) is 0 Å². The van der Waals surface area contributed by atoms with E-state index in [1.807, 2.05) is 79.0 Å². The first-order valence-electron chi connectivity index (χ1n) is 10.1. The van der Waals surface area contributed by atoms with E-state index in [9.17, 15) is 9.90 Å². The maximum Gasteiger partial charge on any atom is 0.321 e. The minimum absolute atomic E-state index is 0.342. The summed E-state index contributed by atoms with van der Waals surface area (Å²) in [6.45, 7) is 0.715. The molecule has 1 atom stereocenters. The Balaban J connectivity index is 1.44. The zero-order chi connectivity index (χ0) is 21.6. The molecule has 3 aromatic carbocycles. The minimum Gasteiger partial charge on any atom is -0.489 e. The normalized spacial score (nSPS) is 12.0. The average Bonchev–Trinajstić information content (AvgIpc) is 3.19. The molecular formula is C25H23ClN2O3. The Kier molecular flexibility index (Phi) is 6.55. The predicted molar refractivity (Wildman–Crippen MR) is 122 cm³/mol. The second kappa shape index (κ2) is 9.69. The molecule has 158 valence electrons. The monoisotopic (exact) mass is 434 g/mol. The first kappa shape index (κ1) is 21.0. The molecular weight excluding hydrogens is 412 g/mol. The second-order valence-corrected chi connectivity index (χ2v) is 7.73. The lowest BCUT2D eigenvalue weighted by molar-refractivity contribution is -0.139. The summed E-state index contributed by atoms with van der Waals surface area (Å²) < 4.78 is 5.98. The molecule has 4 aromatic rings. The van der Waals surface area contributed by atoms with Gasteiger partial charge in [-0.1, -0.05) is 66.2 Å². The summed E-state index contributed by atoms with van der Waals surface area (Å²) in [5, 5.41) is 14.6. The molecule has 3 N–H and O–H groups in total. The molecule has 0 aliphatic carbocycles. The smallest absolute Gasteiger partial charge is 0.321 e. The molecule has 1 heterocycles. The molecule has 0 saturated carbocycles. The fraction of sp³-hybridized carbons (Fsp3) is 0.160. The van der Waals surface area contributed by atoms with Crippen LogP contribution in [0.4, 0.5) is 0 Å². The lowest BCUT2D eigenvalue weighted by Gasteiger charge is -2.17. The lowest BCUT2D eigenvalue weighted by Crippen LogP contribution is -2.38. The van der Waals surface area contributed by atoms with Crippen molar-refractivity contribution < 1.29 is 14.6 Å². The largest absolute Gasteiger partial charge is 0.489 e. The van der Waals surface area contributed by atoms with Gasteiger partial charge in [0.2, 0.25) is 0 Å². The minimum atomic E-state index is -0.889. The van der Waals surface area contributed by atoms with Gasteiger partial charge in [-0.2, -0.15) is 0 Å². The molecule has 0 bridgehead atoms. The topological polar surface area (TPSA) is 74.3 Å². The van der Waals surface area contributed by atoms with Crippen LogP contribution in [0.2, 0.25) is 5.02 Å². The Bertz CT molecular complexity index is 1190. The summed E-state index contributed by atoms with van der Waals surface area (Å²) >= 11 is 6.22. The molecule has 0 saturated heterocycles. The van der Waals surface area contributed by atoms with Crippen LogP contribution < -0.4 is 10.1 Å². The van der Waals surface area contributed by atoms with Crippen molar-refractivity contribution >= 4 is 28.5 Å². The lowest BCUT2D eigenvalue weighted by atomic mass is 10.0. The Morgan fingerprint density at radius 1 is 0.968 bits per heavy atom. The van der Waals surface area contributed by atoms with E-state index >= 15 is 0 Å². The summed E-state index contributed by atoms with van der Waals surface area (Å²) in [6.07, 6.45) is 2.25. The molecule has 4 rings (SSSR count). The van der Waals surface area contributed by atoms with E-state index in [1.54, 1.807) is 0 Å². The number of carbonyl (C=O) groups is 1. The molecule has 0 aliphatic rings. The summed E-state index contributed by atoms with van der Waals surface area (Å²) in [5.74, 6) is -0.189. The molecule has 1 aromatic heterocycles. The van der Waals surface area contributed by atoms with E-state index in [4.69, 9.17) is 16.3 Å². The molecule has 0 spiro atoms. The number of ether oxygens (including phenoxy) is 1. The van der Waals surface area contributed by atoms with Crippen LogP contribution in [0.25, 0.3) is 10.9 Å². The van der Waals surface area contributed by atoms with Gasteiger partial charge in [0.15, 0.2) is 0 Å². The molecule has 0 aliphatic heterocycles. The zero-order valence-electron chi connectivity index (χ0n) is 16.8. The first-order valence-corrected chi connectivity index (χ1v) is 10.4. The van der Waals surface area contributed by atoms with Crippen molar-refractivity contribution in [1.82, 2.24) is 10.3 Å². The number of benzene rings is 3. The van der Waals surface area contributed by atoms with Crippen LogP contribution in [0.15, 0.2) is 79.0 Å². The van der Waals surface area contributed by atoms with Crippen molar-refractivity contribution in [3.8, 4) is 5.75 Å². The molecule has 0 amide bonds. The van der Waals surface area contributed by atoms with Gasteiger partial charge in [0.25, 0.3) is 0 Å². The number of aromatic amines is 1. The van der Waals surface area contributed by atoms with Crippen molar-refractivity contribution in [2.24, 2.45) is 0 Å². The summed E-state index contributed by atoms with van der Waals surface area (Å²) in [6, 6.07) is 22.3. The van der Waals surface area contributed by atoms with Crippen LogP contribution >= 0.6 is 11.6 Å². The summed E-state index contributed by atoms with van der Waals surface area (Å²) in [7, 11) is 0. The number of hydrogen-bond acceptors (Lipinski definition) is 3. The molecule has 6 heteroatoms. The van der Waals surface area contributed by atoms with Crippen molar-refractivity contribution in [2.75, 3.05) is 0 Å². The number of para-hydroxylation sites is 2. The fourth-order valence-electron chi connectivity index (χ4n) is 3.56. The highest BCUT2D eigenvalue weighted by Crippen LogP contribution is 2.23. The van der Waals surface area contributed by atoms with Gasteiger partial charge < -0.3 is 14.8 Å². The molecule has 0 fully saturated rings. The van der Waals surface area contributed by atoms with Gasteiger partial charge in [-0.05, 0) is 23.8 Å².